The van der Waals surface area contributed by atoms with Gasteiger partial charge in [0.1, 0.15) is 11.9 Å². The molecule has 0 aliphatic rings. The van der Waals surface area contributed by atoms with Gasteiger partial charge < -0.3 is 9.47 Å². The molecule has 1 unspecified atom stereocenters. The van der Waals surface area contributed by atoms with Crippen molar-refractivity contribution in [2.24, 2.45) is 0 Å². The van der Waals surface area contributed by atoms with E-state index in [0.29, 0.717) is 53.3 Å². The zero-order valence-corrected chi connectivity index (χ0v) is 21.9. The monoisotopic (exact) mass is 513 g/mol. The highest BCUT2D eigenvalue weighted by Gasteiger charge is 2.22. The summed E-state index contributed by atoms with van der Waals surface area (Å²) in [6.45, 7) is 6.17. The van der Waals surface area contributed by atoms with E-state index in [1.807, 2.05) is 13.0 Å². The van der Waals surface area contributed by atoms with Gasteiger partial charge in [-0.25, -0.2) is 17.8 Å². The molecule has 6 nitrogen and oxygen atoms in total. The molecule has 1 heterocycles. The fraction of sp³-hybridized carbons (Fsp3) is 0.357. The third kappa shape index (κ3) is 6.91. The molecule has 36 heavy (non-hydrogen) atoms. The number of carbonyl (C=O) groups is 1. The number of benzene rings is 2. The molecule has 0 bridgehead atoms. The molecule has 0 N–H and O–H groups in total. The Morgan fingerprint density at radius 1 is 1.00 bits per heavy atom. The standard InChI is InChI=1S/C28H32FNO5S/c1-5-7-17-34-28-24(19(3)35-26(31)8-6-2)18-25(20-11-15-23(16-12-20)36(4,32)33)27(30-28)21-9-13-22(29)14-10-21/h9-16,18-19H,5-8,17H2,1-4H3. The minimum Gasteiger partial charge on any atom is -0.477 e. The van der Waals surface area contributed by atoms with E-state index < -0.39 is 15.9 Å². The smallest absolute Gasteiger partial charge is 0.306 e. The first-order chi connectivity index (χ1) is 17.1. The molecule has 0 fully saturated rings. The molecule has 8 heteroatoms. The molecule has 192 valence electrons. The Hall–Kier alpha value is -3.26. The predicted octanol–water partition coefficient (Wildman–Crippen LogP) is 6.54. The molecule has 3 rings (SSSR count). The van der Waals surface area contributed by atoms with Crippen molar-refractivity contribution in [1.29, 1.82) is 0 Å². The maximum absolute atomic E-state index is 13.7. The molecule has 0 saturated heterocycles. The fourth-order valence-corrected chi connectivity index (χ4v) is 4.32. The molecule has 0 saturated carbocycles. The third-order valence-corrected chi connectivity index (χ3v) is 6.79. The number of aromatic nitrogens is 1. The molecule has 0 amide bonds. The molecule has 3 aromatic rings. The first-order valence-corrected chi connectivity index (χ1v) is 14.0. The van der Waals surface area contributed by atoms with Crippen LogP contribution in [0.25, 0.3) is 22.4 Å². The summed E-state index contributed by atoms with van der Waals surface area (Å²) in [4.78, 5) is 17.2. The minimum atomic E-state index is -3.36. The molecule has 2 aromatic carbocycles. The van der Waals surface area contributed by atoms with E-state index >= 15 is 0 Å². The van der Waals surface area contributed by atoms with E-state index in [2.05, 4.69) is 6.92 Å². The number of esters is 1. The Bertz CT molecular complexity index is 1290. The van der Waals surface area contributed by atoms with Crippen LogP contribution in [0.5, 0.6) is 5.88 Å². The van der Waals surface area contributed by atoms with E-state index in [1.165, 1.54) is 24.3 Å². The number of nitrogens with zero attached hydrogens (tertiary/aromatic N) is 1. The van der Waals surface area contributed by atoms with Crippen molar-refractivity contribution >= 4 is 15.8 Å². The summed E-state index contributed by atoms with van der Waals surface area (Å²) in [5, 5.41) is 0. The van der Waals surface area contributed by atoms with Gasteiger partial charge in [-0.3, -0.25) is 4.79 Å². The number of halogens is 1. The largest absolute Gasteiger partial charge is 0.477 e. The summed E-state index contributed by atoms with van der Waals surface area (Å²) in [6.07, 6.45) is 3.27. The minimum absolute atomic E-state index is 0.198. The highest BCUT2D eigenvalue weighted by molar-refractivity contribution is 7.90. The number of pyridine rings is 1. The molecular formula is C28H32FNO5S. The van der Waals surface area contributed by atoms with Gasteiger partial charge in [0.25, 0.3) is 0 Å². The maximum Gasteiger partial charge on any atom is 0.306 e. The lowest BCUT2D eigenvalue weighted by Gasteiger charge is -2.20. The number of hydrogen-bond donors (Lipinski definition) is 0. The van der Waals surface area contributed by atoms with Crippen molar-refractivity contribution in [2.45, 2.75) is 57.5 Å². The van der Waals surface area contributed by atoms with Crippen molar-refractivity contribution < 1.29 is 27.1 Å². The zero-order valence-electron chi connectivity index (χ0n) is 21.1. The molecule has 0 radical (unpaired) electrons. The van der Waals surface area contributed by atoms with Gasteiger partial charge in [-0.15, -0.1) is 0 Å². The Morgan fingerprint density at radius 3 is 2.22 bits per heavy atom. The summed E-state index contributed by atoms with van der Waals surface area (Å²) >= 11 is 0. The Kier molecular flexibility index (Phi) is 9.20. The van der Waals surface area contributed by atoms with E-state index in [-0.39, 0.29) is 16.7 Å². The van der Waals surface area contributed by atoms with Crippen LogP contribution in [0.4, 0.5) is 4.39 Å². The van der Waals surface area contributed by atoms with Gasteiger partial charge in [0, 0.05) is 23.8 Å². The second-order valence-corrected chi connectivity index (χ2v) is 10.7. The lowest BCUT2D eigenvalue weighted by atomic mass is 9.96. The van der Waals surface area contributed by atoms with Crippen LogP contribution in [-0.2, 0) is 19.4 Å². The first kappa shape index (κ1) is 27.3. The van der Waals surface area contributed by atoms with Crippen molar-refractivity contribution in [2.75, 3.05) is 12.9 Å². The summed E-state index contributed by atoms with van der Waals surface area (Å²) in [6, 6.07) is 14.3. The topological polar surface area (TPSA) is 82.6 Å². The SMILES string of the molecule is CCCCOc1nc(-c2ccc(F)cc2)c(-c2ccc(S(C)(=O)=O)cc2)cc1C(C)OC(=O)CCC. The van der Waals surface area contributed by atoms with Crippen molar-refractivity contribution in [3.8, 4) is 28.3 Å². The van der Waals surface area contributed by atoms with Crippen LogP contribution in [0.1, 0.15) is 58.1 Å². The summed E-state index contributed by atoms with van der Waals surface area (Å²) in [5.41, 5.74) is 3.20. The number of sulfone groups is 1. The third-order valence-electron chi connectivity index (χ3n) is 5.66. The number of rotatable bonds is 11. The van der Waals surface area contributed by atoms with Crippen LogP contribution >= 0.6 is 0 Å². The molecule has 1 aromatic heterocycles. The van der Waals surface area contributed by atoms with Crippen molar-refractivity contribution in [3.63, 3.8) is 0 Å². The van der Waals surface area contributed by atoms with Crippen LogP contribution in [0.15, 0.2) is 59.5 Å². The van der Waals surface area contributed by atoms with Crippen LogP contribution in [-0.4, -0.2) is 32.2 Å². The van der Waals surface area contributed by atoms with E-state index in [4.69, 9.17) is 14.5 Å². The summed E-state index contributed by atoms with van der Waals surface area (Å²) in [5.74, 6) is -0.340. The van der Waals surface area contributed by atoms with Crippen molar-refractivity contribution in [3.05, 3.63) is 66.0 Å². The molecular weight excluding hydrogens is 481 g/mol. The quantitative estimate of drug-likeness (QED) is 0.214. The van der Waals surface area contributed by atoms with Gasteiger partial charge in [0.05, 0.1) is 22.8 Å². The highest BCUT2D eigenvalue weighted by atomic mass is 32.2. The fourth-order valence-electron chi connectivity index (χ4n) is 3.69. The van der Waals surface area contributed by atoms with Crippen LogP contribution in [0.3, 0.4) is 0 Å². The van der Waals surface area contributed by atoms with Crippen LogP contribution < -0.4 is 4.74 Å². The molecule has 0 spiro atoms. The summed E-state index contributed by atoms with van der Waals surface area (Å²) < 4.78 is 49.3. The Morgan fingerprint density at radius 2 is 1.64 bits per heavy atom. The normalized spacial score (nSPS) is 12.2. The average molecular weight is 514 g/mol. The zero-order chi connectivity index (χ0) is 26.3. The second-order valence-electron chi connectivity index (χ2n) is 8.67. The number of unbranched alkanes of at least 4 members (excludes halogenated alkanes) is 1. The van der Waals surface area contributed by atoms with E-state index in [1.54, 1.807) is 31.2 Å². The maximum atomic E-state index is 13.7. The average Bonchev–Trinajstić information content (AvgIpc) is 2.84. The van der Waals surface area contributed by atoms with Crippen LogP contribution in [0.2, 0.25) is 0 Å². The first-order valence-electron chi connectivity index (χ1n) is 12.1. The molecule has 0 aliphatic heterocycles. The number of carbonyl (C=O) groups excluding carboxylic acids is 1. The number of hydrogen-bond acceptors (Lipinski definition) is 6. The van der Waals surface area contributed by atoms with Gasteiger partial charge in [-0.1, -0.05) is 32.4 Å². The predicted molar refractivity (Wildman–Crippen MR) is 138 cm³/mol. The van der Waals surface area contributed by atoms with Crippen LogP contribution in [0, 0.1) is 5.82 Å². The molecule has 0 aliphatic carbocycles. The van der Waals surface area contributed by atoms with Gasteiger partial charge in [0.2, 0.25) is 5.88 Å². The summed E-state index contributed by atoms with van der Waals surface area (Å²) in [7, 11) is -3.36. The second kappa shape index (κ2) is 12.1. The number of ether oxygens (including phenoxy) is 2. The van der Waals surface area contributed by atoms with Gasteiger partial charge in [0.15, 0.2) is 9.84 Å². The molecule has 1 atom stereocenters. The van der Waals surface area contributed by atoms with E-state index in [9.17, 15) is 17.6 Å². The lowest BCUT2D eigenvalue weighted by molar-refractivity contribution is -0.148. The Balaban J connectivity index is 2.19. The lowest BCUT2D eigenvalue weighted by Crippen LogP contribution is -2.12. The van der Waals surface area contributed by atoms with E-state index in [0.717, 1.165) is 19.1 Å². The Labute approximate surface area is 212 Å². The van der Waals surface area contributed by atoms with Crippen molar-refractivity contribution in [1.82, 2.24) is 4.98 Å². The van der Waals surface area contributed by atoms with Gasteiger partial charge in [-0.05, 0) is 67.8 Å². The van der Waals surface area contributed by atoms with Gasteiger partial charge >= 0.3 is 5.97 Å². The highest BCUT2D eigenvalue weighted by Crippen LogP contribution is 2.38. The van der Waals surface area contributed by atoms with Gasteiger partial charge in [-0.2, -0.15) is 0 Å².